The van der Waals surface area contributed by atoms with Crippen LogP contribution in [0.25, 0.3) is 11.0 Å². The fourth-order valence-corrected chi connectivity index (χ4v) is 5.11. The van der Waals surface area contributed by atoms with Crippen LogP contribution in [-0.4, -0.2) is 49.6 Å². The fourth-order valence-electron chi connectivity index (χ4n) is 4.60. The SMILES string of the molecule is O=C(NC1CCCC1)c1ccc(C2CCN(C(=O)c3ccc4nsnc4c3)CC2)nc1. The van der Waals surface area contributed by atoms with Crippen LogP contribution in [-0.2, 0) is 0 Å². The van der Waals surface area contributed by atoms with E-state index in [1.165, 1.54) is 12.8 Å². The summed E-state index contributed by atoms with van der Waals surface area (Å²) >= 11 is 1.16. The van der Waals surface area contributed by atoms with Gasteiger partial charge >= 0.3 is 0 Å². The van der Waals surface area contributed by atoms with E-state index >= 15 is 0 Å². The number of rotatable bonds is 4. The van der Waals surface area contributed by atoms with E-state index in [0.29, 0.717) is 36.2 Å². The summed E-state index contributed by atoms with van der Waals surface area (Å²) < 4.78 is 8.42. The Bertz CT molecular complexity index is 1080. The van der Waals surface area contributed by atoms with Gasteiger partial charge in [0.2, 0.25) is 0 Å². The van der Waals surface area contributed by atoms with Crippen molar-refractivity contribution in [2.75, 3.05) is 13.1 Å². The molecule has 5 rings (SSSR count). The highest BCUT2D eigenvalue weighted by Gasteiger charge is 2.26. The summed E-state index contributed by atoms with van der Waals surface area (Å²) in [6.45, 7) is 1.39. The van der Waals surface area contributed by atoms with Gasteiger partial charge in [-0.25, -0.2) is 0 Å². The lowest BCUT2D eigenvalue weighted by atomic mass is 9.92. The van der Waals surface area contributed by atoms with Gasteiger partial charge in [0.25, 0.3) is 11.8 Å². The Labute approximate surface area is 185 Å². The second-order valence-corrected chi connectivity index (χ2v) is 8.99. The molecule has 1 aromatic carbocycles. The molecule has 160 valence electrons. The molecule has 8 heteroatoms. The van der Waals surface area contributed by atoms with Gasteiger partial charge in [-0.3, -0.25) is 14.6 Å². The number of aromatic nitrogens is 3. The van der Waals surface area contributed by atoms with Crippen molar-refractivity contribution in [3.05, 3.63) is 53.3 Å². The predicted octanol–water partition coefficient (Wildman–Crippen LogP) is 3.78. The largest absolute Gasteiger partial charge is 0.349 e. The molecule has 1 saturated heterocycles. The number of fused-ring (bicyclic) bond motifs is 1. The lowest BCUT2D eigenvalue weighted by Gasteiger charge is -2.31. The van der Waals surface area contributed by atoms with E-state index in [1.807, 2.05) is 35.2 Å². The molecule has 7 nitrogen and oxygen atoms in total. The summed E-state index contributed by atoms with van der Waals surface area (Å²) in [4.78, 5) is 31.8. The number of hydrogen-bond acceptors (Lipinski definition) is 6. The van der Waals surface area contributed by atoms with Crippen molar-refractivity contribution >= 4 is 34.6 Å². The molecule has 31 heavy (non-hydrogen) atoms. The van der Waals surface area contributed by atoms with Crippen LogP contribution in [0.4, 0.5) is 0 Å². The van der Waals surface area contributed by atoms with Gasteiger partial charge < -0.3 is 10.2 Å². The zero-order valence-corrected chi connectivity index (χ0v) is 18.1. The van der Waals surface area contributed by atoms with Crippen molar-refractivity contribution in [3.63, 3.8) is 0 Å². The molecule has 1 saturated carbocycles. The molecule has 1 aliphatic heterocycles. The topological polar surface area (TPSA) is 88.1 Å². The summed E-state index contributed by atoms with van der Waals surface area (Å²) in [6.07, 6.45) is 7.96. The van der Waals surface area contributed by atoms with Gasteiger partial charge in [0, 0.05) is 42.5 Å². The highest BCUT2D eigenvalue weighted by atomic mass is 32.1. The molecule has 0 radical (unpaired) electrons. The number of carbonyl (C=O) groups is 2. The maximum absolute atomic E-state index is 12.9. The van der Waals surface area contributed by atoms with Crippen LogP contribution in [0, 0.1) is 0 Å². The van der Waals surface area contributed by atoms with E-state index in [-0.39, 0.29) is 11.8 Å². The summed E-state index contributed by atoms with van der Waals surface area (Å²) in [7, 11) is 0. The zero-order chi connectivity index (χ0) is 21.2. The maximum Gasteiger partial charge on any atom is 0.253 e. The number of benzene rings is 1. The van der Waals surface area contributed by atoms with Crippen molar-refractivity contribution in [2.24, 2.45) is 0 Å². The van der Waals surface area contributed by atoms with Crippen LogP contribution >= 0.6 is 11.7 Å². The predicted molar refractivity (Wildman–Crippen MR) is 119 cm³/mol. The molecule has 0 spiro atoms. The Hall–Kier alpha value is -2.87. The lowest BCUT2D eigenvalue weighted by molar-refractivity contribution is 0.0712. The van der Waals surface area contributed by atoms with Gasteiger partial charge in [-0.15, -0.1) is 0 Å². The average Bonchev–Trinajstić information content (AvgIpc) is 3.50. The van der Waals surface area contributed by atoms with E-state index in [9.17, 15) is 9.59 Å². The molecular formula is C23H25N5O2S. The third-order valence-corrected chi connectivity index (χ3v) is 7.00. The molecule has 3 heterocycles. The minimum Gasteiger partial charge on any atom is -0.349 e. The smallest absolute Gasteiger partial charge is 0.253 e. The van der Waals surface area contributed by atoms with Gasteiger partial charge in [0.1, 0.15) is 11.0 Å². The standard InChI is InChI=1S/C23H25N5O2S/c29-22(25-18-3-1-2-4-18)17-6-7-19(24-14-17)15-9-11-28(12-10-15)23(30)16-5-8-20-21(13-16)27-31-26-20/h5-8,13-15,18H,1-4,9-12H2,(H,25,29). The molecular weight excluding hydrogens is 410 g/mol. The number of carbonyl (C=O) groups excluding carboxylic acids is 2. The summed E-state index contributed by atoms with van der Waals surface area (Å²) in [5, 5.41) is 3.11. The number of amides is 2. The third-order valence-electron chi connectivity index (χ3n) is 6.44. The van der Waals surface area contributed by atoms with Gasteiger partial charge in [-0.1, -0.05) is 12.8 Å². The molecule has 2 fully saturated rings. The second-order valence-electron chi connectivity index (χ2n) is 8.46. The zero-order valence-electron chi connectivity index (χ0n) is 17.3. The Kier molecular flexibility index (Phi) is 5.63. The van der Waals surface area contributed by atoms with Gasteiger partial charge in [0.15, 0.2) is 0 Å². The van der Waals surface area contributed by atoms with Crippen molar-refractivity contribution in [1.82, 2.24) is 23.9 Å². The molecule has 1 N–H and O–H groups in total. The van der Waals surface area contributed by atoms with Gasteiger partial charge in [-0.2, -0.15) is 8.75 Å². The first-order chi connectivity index (χ1) is 15.2. The molecule has 2 aromatic heterocycles. The Morgan fingerprint density at radius 3 is 2.42 bits per heavy atom. The van der Waals surface area contributed by atoms with Crippen molar-refractivity contribution in [1.29, 1.82) is 0 Å². The van der Waals surface area contributed by atoms with Gasteiger partial charge in [-0.05, 0) is 56.0 Å². The fraction of sp³-hybridized carbons (Fsp3) is 0.435. The van der Waals surface area contributed by atoms with Gasteiger partial charge in [0.05, 0.1) is 17.3 Å². The summed E-state index contributed by atoms with van der Waals surface area (Å²) in [5.41, 5.74) is 3.88. The highest BCUT2D eigenvalue weighted by molar-refractivity contribution is 7.00. The molecule has 0 atom stereocenters. The van der Waals surface area contributed by atoms with Crippen molar-refractivity contribution in [3.8, 4) is 0 Å². The number of piperidine rings is 1. The quantitative estimate of drug-likeness (QED) is 0.674. The first-order valence-electron chi connectivity index (χ1n) is 11.0. The van der Waals surface area contributed by atoms with E-state index in [0.717, 1.165) is 54.1 Å². The first kappa shape index (κ1) is 20.1. The number of pyridine rings is 1. The number of hydrogen-bond donors (Lipinski definition) is 1. The van der Waals surface area contributed by atoms with Crippen LogP contribution < -0.4 is 5.32 Å². The van der Waals surface area contributed by atoms with Crippen molar-refractivity contribution in [2.45, 2.75) is 50.5 Å². The minimum atomic E-state index is -0.0290. The van der Waals surface area contributed by atoms with Crippen LogP contribution in [0.2, 0.25) is 0 Å². The maximum atomic E-state index is 12.9. The highest BCUT2D eigenvalue weighted by Crippen LogP contribution is 2.28. The average molecular weight is 436 g/mol. The normalized spacial score (nSPS) is 17.9. The molecule has 0 bridgehead atoms. The number of nitrogens with zero attached hydrogens (tertiary/aromatic N) is 4. The van der Waals surface area contributed by atoms with Crippen LogP contribution in [0.1, 0.15) is 70.9 Å². The number of nitrogens with one attached hydrogen (secondary N) is 1. The Morgan fingerprint density at radius 1 is 0.935 bits per heavy atom. The number of likely N-dealkylation sites (tertiary alicyclic amines) is 1. The van der Waals surface area contributed by atoms with Crippen LogP contribution in [0.3, 0.4) is 0 Å². The second kappa shape index (κ2) is 8.70. The van der Waals surface area contributed by atoms with Crippen molar-refractivity contribution < 1.29 is 9.59 Å². The van der Waals surface area contributed by atoms with E-state index in [1.54, 1.807) is 6.20 Å². The van der Waals surface area contributed by atoms with Crippen LogP contribution in [0.15, 0.2) is 36.5 Å². The lowest BCUT2D eigenvalue weighted by Crippen LogP contribution is -2.38. The van der Waals surface area contributed by atoms with E-state index in [4.69, 9.17) is 0 Å². The Morgan fingerprint density at radius 2 is 1.68 bits per heavy atom. The monoisotopic (exact) mass is 435 g/mol. The molecule has 2 aliphatic rings. The third kappa shape index (κ3) is 4.30. The van der Waals surface area contributed by atoms with E-state index < -0.39 is 0 Å². The first-order valence-corrected chi connectivity index (χ1v) is 11.7. The minimum absolute atomic E-state index is 0.0290. The Balaban J connectivity index is 1.18. The summed E-state index contributed by atoms with van der Waals surface area (Å²) in [5.74, 6) is 0.320. The van der Waals surface area contributed by atoms with Crippen LogP contribution in [0.5, 0.6) is 0 Å². The molecule has 3 aromatic rings. The summed E-state index contributed by atoms with van der Waals surface area (Å²) in [6, 6.07) is 9.66. The van der Waals surface area contributed by atoms with E-state index in [2.05, 4.69) is 19.0 Å². The molecule has 1 aliphatic carbocycles. The molecule has 0 unspecified atom stereocenters. The molecule has 2 amide bonds.